The van der Waals surface area contributed by atoms with Crippen molar-refractivity contribution in [3.63, 3.8) is 0 Å². The van der Waals surface area contributed by atoms with Gasteiger partial charge in [0.1, 0.15) is 23.5 Å². The molecule has 0 spiro atoms. The van der Waals surface area contributed by atoms with Gasteiger partial charge in [-0.05, 0) is 59.7 Å². The zero-order valence-electron chi connectivity index (χ0n) is 13.8. The van der Waals surface area contributed by atoms with Crippen LogP contribution < -0.4 is 5.32 Å². The number of rotatable bonds is 5. The van der Waals surface area contributed by atoms with Crippen molar-refractivity contribution in [2.45, 2.75) is 26.3 Å². The van der Waals surface area contributed by atoms with Crippen molar-refractivity contribution in [1.29, 1.82) is 0 Å². The molecule has 8 heteroatoms. The first-order chi connectivity index (χ1) is 12.0. The van der Waals surface area contributed by atoms with E-state index in [1.165, 1.54) is 16.8 Å². The second-order valence-corrected chi connectivity index (χ2v) is 5.73. The number of pyridine rings is 1. The fraction of sp³-hybridized carbons (Fsp3) is 0.235. The Labute approximate surface area is 143 Å². The molecule has 1 aromatic carbocycles. The van der Waals surface area contributed by atoms with Gasteiger partial charge in [-0.1, -0.05) is 12.1 Å². The van der Waals surface area contributed by atoms with Crippen LogP contribution in [-0.4, -0.2) is 31.1 Å². The second kappa shape index (κ2) is 7.16. The topological polar surface area (TPSA) is 85.6 Å². The van der Waals surface area contributed by atoms with Crippen molar-refractivity contribution in [2.75, 3.05) is 5.32 Å². The van der Waals surface area contributed by atoms with E-state index in [0.717, 1.165) is 5.56 Å². The number of anilines is 1. The number of hydrogen-bond acceptors (Lipinski definition) is 5. The molecule has 0 fully saturated rings. The number of aryl methyl sites for hydroxylation is 2. The maximum absolute atomic E-state index is 13.5. The maximum atomic E-state index is 13.5. The van der Waals surface area contributed by atoms with E-state index in [1.54, 1.807) is 31.3 Å². The van der Waals surface area contributed by atoms with Crippen LogP contribution in [0.15, 0.2) is 42.6 Å². The molecule has 3 aromatic rings. The lowest BCUT2D eigenvalue weighted by molar-refractivity contribution is -0.119. The second-order valence-electron chi connectivity index (χ2n) is 5.73. The molecule has 2 heterocycles. The molecule has 7 nitrogen and oxygen atoms in total. The van der Waals surface area contributed by atoms with Crippen molar-refractivity contribution in [2.24, 2.45) is 0 Å². The van der Waals surface area contributed by atoms with Crippen molar-refractivity contribution in [1.82, 2.24) is 25.2 Å². The molecule has 0 saturated carbocycles. The summed E-state index contributed by atoms with van der Waals surface area (Å²) in [7, 11) is 0. The molecule has 1 unspecified atom stereocenters. The Hall–Kier alpha value is -3.16. The van der Waals surface area contributed by atoms with Crippen LogP contribution in [0.1, 0.15) is 23.0 Å². The van der Waals surface area contributed by atoms with Gasteiger partial charge in [-0.3, -0.25) is 4.79 Å². The summed E-state index contributed by atoms with van der Waals surface area (Å²) in [6.07, 6.45) is 1.87. The van der Waals surface area contributed by atoms with E-state index >= 15 is 0 Å². The Morgan fingerprint density at radius 3 is 2.80 bits per heavy atom. The summed E-state index contributed by atoms with van der Waals surface area (Å²) in [5.41, 5.74) is 1.65. The predicted octanol–water partition coefficient (Wildman–Crippen LogP) is 2.25. The van der Waals surface area contributed by atoms with Gasteiger partial charge in [-0.25, -0.2) is 14.1 Å². The van der Waals surface area contributed by atoms with Gasteiger partial charge in [0.25, 0.3) is 5.91 Å². The Morgan fingerprint density at radius 2 is 2.12 bits per heavy atom. The summed E-state index contributed by atoms with van der Waals surface area (Å²) in [5.74, 6) is 0.261. The van der Waals surface area contributed by atoms with Crippen LogP contribution in [-0.2, 0) is 11.2 Å². The van der Waals surface area contributed by atoms with Gasteiger partial charge in [0.2, 0.25) is 0 Å². The van der Waals surface area contributed by atoms with Crippen LogP contribution in [0.4, 0.5) is 10.2 Å². The molecular formula is C17H17FN6O. The van der Waals surface area contributed by atoms with E-state index in [0.29, 0.717) is 17.2 Å². The molecular weight excluding hydrogens is 323 g/mol. The van der Waals surface area contributed by atoms with Crippen LogP contribution in [0.2, 0.25) is 0 Å². The van der Waals surface area contributed by atoms with E-state index in [4.69, 9.17) is 0 Å². The highest BCUT2D eigenvalue weighted by molar-refractivity contribution is 5.93. The molecule has 2 aromatic heterocycles. The number of halogens is 1. The van der Waals surface area contributed by atoms with E-state index < -0.39 is 6.04 Å². The minimum Gasteiger partial charge on any atom is -0.309 e. The van der Waals surface area contributed by atoms with Crippen LogP contribution in [0.3, 0.4) is 0 Å². The number of amides is 1. The number of hydrogen-bond donors (Lipinski definition) is 1. The van der Waals surface area contributed by atoms with Crippen LogP contribution in [0.5, 0.6) is 0 Å². The highest BCUT2D eigenvalue weighted by atomic mass is 19.1. The zero-order chi connectivity index (χ0) is 17.8. The first-order valence-electron chi connectivity index (χ1n) is 7.75. The smallest absolute Gasteiger partial charge is 0.250 e. The molecule has 128 valence electrons. The molecule has 0 aliphatic heterocycles. The van der Waals surface area contributed by atoms with Crippen molar-refractivity contribution < 1.29 is 9.18 Å². The minimum atomic E-state index is -0.723. The SMILES string of the molecule is Cc1ccnc(NC(=O)C(Cc2cccc(F)c2)n2nnnc2C)c1. The van der Waals surface area contributed by atoms with E-state index in [-0.39, 0.29) is 18.1 Å². The fourth-order valence-electron chi connectivity index (χ4n) is 2.52. The zero-order valence-corrected chi connectivity index (χ0v) is 13.8. The molecule has 3 rings (SSSR count). The molecule has 0 radical (unpaired) electrons. The first kappa shape index (κ1) is 16.7. The summed E-state index contributed by atoms with van der Waals surface area (Å²) < 4.78 is 14.9. The molecule has 0 aliphatic carbocycles. The molecule has 1 N–H and O–H groups in total. The molecule has 0 saturated heterocycles. The lowest BCUT2D eigenvalue weighted by Crippen LogP contribution is -2.29. The largest absolute Gasteiger partial charge is 0.309 e. The van der Waals surface area contributed by atoms with Gasteiger partial charge in [0.05, 0.1) is 0 Å². The standard InChI is InChI=1S/C17H17FN6O/c1-11-6-7-19-16(8-11)20-17(25)15(24-12(2)21-22-23-24)10-13-4-3-5-14(18)9-13/h3-9,15H,10H2,1-2H3,(H,19,20,25). The van der Waals surface area contributed by atoms with E-state index in [1.807, 2.05) is 13.0 Å². The van der Waals surface area contributed by atoms with Crippen LogP contribution >= 0.6 is 0 Å². The summed E-state index contributed by atoms with van der Waals surface area (Å²) in [6, 6.07) is 9.00. The summed E-state index contributed by atoms with van der Waals surface area (Å²) in [5, 5.41) is 14.1. The fourth-order valence-corrected chi connectivity index (χ4v) is 2.52. The number of carbonyl (C=O) groups is 1. The summed E-state index contributed by atoms with van der Waals surface area (Å²) in [6.45, 7) is 3.61. The Bertz CT molecular complexity index is 894. The lowest BCUT2D eigenvalue weighted by Gasteiger charge is -2.17. The average molecular weight is 340 g/mol. The Morgan fingerprint density at radius 1 is 1.28 bits per heavy atom. The quantitative estimate of drug-likeness (QED) is 0.770. The normalized spacial score (nSPS) is 12.0. The van der Waals surface area contributed by atoms with Gasteiger partial charge >= 0.3 is 0 Å². The third kappa shape index (κ3) is 4.03. The van der Waals surface area contributed by atoms with E-state index in [2.05, 4.69) is 25.8 Å². The minimum absolute atomic E-state index is 0.251. The summed E-state index contributed by atoms with van der Waals surface area (Å²) in [4.78, 5) is 16.9. The molecule has 1 atom stereocenters. The average Bonchev–Trinajstić information content (AvgIpc) is 2.98. The van der Waals surface area contributed by atoms with E-state index in [9.17, 15) is 9.18 Å². The van der Waals surface area contributed by atoms with Crippen molar-refractivity contribution in [3.05, 3.63) is 65.4 Å². The highest BCUT2D eigenvalue weighted by Gasteiger charge is 2.25. The third-order valence-electron chi connectivity index (χ3n) is 3.74. The van der Waals surface area contributed by atoms with Gasteiger partial charge in [0.15, 0.2) is 0 Å². The number of nitrogens with one attached hydrogen (secondary N) is 1. The Kier molecular flexibility index (Phi) is 4.78. The Balaban J connectivity index is 1.88. The number of nitrogens with zero attached hydrogens (tertiary/aromatic N) is 5. The number of benzene rings is 1. The molecule has 25 heavy (non-hydrogen) atoms. The van der Waals surface area contributed by atoms with Gasteiger partial charge < -0.3 is 5.32 Å². The number of carbonyl (C=O) groups excluding carboxylic acids is 1. The monoisotopic (exact) mass is 340 g/mol. The van der Waals surface area contributed by atoms with Gasteiger partial charge in [-0.15, -0.1) is 5.10 Å². The van der Waals surface area contributed by atoms with Crippen molar-refractivity contribution >= 4 is 11.7 Å². The molecule has 0 aliphatic rings. The summed E-state index contributed by atoms with van der Waals surface area (Å²) >= 11 is 0. The van der Waals surface area contributed by atoms with Crippen molar-refractivity contribution in [3.8, 4) is 0 Å². The first-order valence-corrected chi connectivity index (χ1v) is 7.75. The lowest BCUT2D eigenvalue weighted by atomic mass is 10.0. The van der Waals surface area contributed by atoms with Crippen LogP contribution in [0.25, 0.3) is 0 Å². The predicted molar refractivity (Wildman–Crippen MR) is 89.3 cm³/mol. The molecule has 0 bridgehead atoms. The van der Waals surface area contributed by atoms with Gasteiger partial charge in [-0.2, -0.15) is 0 Å². The molecule has 1 amide bonds. The number of tetrazole rings is 1. The number of aromatic nitrogens is 5. The highest BCUT2D eigenvalue weighted by Crippen LogP contribution is 2.18. The van der Waals surface area contributed by atoms with Gasteiger partial charge in [0, 0.05) is 12.6 Å². The van der Waals surface area contributed by atoms with Crippen LogP contribution in [0, 0.1) is 19.7 Å². The maximum Gasteiger partial charge on any atom is 0.250 e. The third-order valence-corrected chi connectivity index (χ3v) is 3.74.